The highest BCUT2D eigenvalue weighted by Gasteiger charge is 2.49. The van der Waals surface area contributed by atoms with Gasteiger partial charge in [0.1, 0.15) is 6.10 Å². The normalized spacial score (nSPS) is 20.3. The third kappa shape index (κ3) is 1.24. The summed E-state index contributed by atoms with van der Waals surface area (Å²) in [4.78, 5) is 0. The molecular weight excluding hydrogens is 160 g/mol. The van der Waals surface area contributed by atoms with Crippen LogP contribution in [0.5, 0.6) is 0 Å². The van der Waals surface area contributed by atoms with Gasteiger partial charge in [-0.2, -0.15) is 0 Å². The predicted octanol–water partition coefficient (Wildman–Crippen LogP) is 1.71. The molecule has 0 radical (unpaired) electrons. The van der Waals surface area contributed by atoms with Gasteiger partial charge in [-0.1, -0.05) is 36.3 Å². The summed E-state index contributed by atoms with van der Waals surface area (Å²) in [5.74, 6) is 2.42. The minimum absolute atomic E-state index is 0.129. The van der Waals surface area contributed by atoms with E-state index < -0.39 is 6.10 Å². The maximum absolute atomic E-state index is 9.67. The molecule has 1 N–H and O–H groups in total. The minimum Gasteiger partial charge on any atom is -0.379 e. The van der Waals surface area contributed by atoms with E-state index in [0.717, 1.165) is 12.8 Å². The summed E-state index contributed by atoms with van der Waals surface area (Å²) < 4.78 is 0. The summed E-state index contributed by atoms with van der Waals surface area (Å²) in [5.41, 5.74) is 1.04. The number of hydrogen-bond donors (Lipinski definition) is 1. The first kappa shape index (κ1) is 8.34. The van der Waals surface area contributed by atoms with Gasteiger partial charge in [-0.15, -0.1) is 6.42 Å². The van der Waals surface area contributed by atoms with Crippen LogP contribution in [-0.4, -0.2) is 11.2 Å². The Bertz CT molecular complexity index is 330. The van der Waals surface area contributed by atoms with Crippen LogP contribution in [0.4, 0.5) is 0 Å². The van der Waals surface area contributed by atoms with E-state index in [2.05, 4.69) is 5.92 Å². The van der Waals surface area contributed by atoms with E-state index in [9.17, 15) is 5.11 Å². The molecule has 2 rings (SSSR count). The number of hydrogen-bond acceptors (Lipinski definition) is 1. The smallest absolute Gasteiger partial charge is 0.124 e. The number of aliphatic hydroxyl groups excluding tert-OH is 1. The fourth-order valence-corrected chi connectivity index (χ4v) is 1.78. The lowest BCUT2D eigenvalue weighted by molar-refractivity contribution is 0.188. The second-order valence-electron chi connectivity index (χ2n) is 3.59. The Balaban J connectivity index is 2.32. The van der Waals surface area contributed by atoms with Crippen molar-refractivity contribution >= 4 is 0 Å². The quantitative estimate of drug-likeness (QED) is 0.673. The van der Waals surface area contributed by atoms with Crippen LogP contribution in [0.15, 0.2) is 30.3 Å². The van der Waals surface area contributed by atoms with E-state index in [4.69, 9.17) is 6.42 Å². The molecular formula is C12H12O. The van der Waals surface area contributed by atoms with Crippen molar-refractivity contribution in [3.63, 3.8) is 0 Å². The molecule has 1 aliphatic carbocycles. The molecule has 1 aromatic rings. The van der Waals surface area contributed by atoms with Gasteiger partial charge < -0.3 is 5.11 Å². The summed E-state index contributed by atoms with van der Waals surface area (Å²) in [6.07, 6.45) is 6.61. The Kier molecular flexibility index (Phi) is 1.86. The molecule has 0 heterocycles. The van der Waals surface area contributed by atoms with E-state index >= 15 is 0 Å². The molecule has 66 valence electrons. The van der Waals surface area contributed by atoms with E-state index in [1.54, 1.807) is 0 Å². The zero-order chi connectivity index (χ0) is 9.31. The van der Waals surface area contributed by atoms with Crippen LogP contribution < -0.4 is 0 Å². The Morgan fingerprint density at radius 3 is 2.38 bits per heavy atom. The van der Waals surface area contributed by atoms with Crippen molar-refractivity contribution < 1.29 is 5.11 Å². The van der Waals surface area contributed by atoms with Crippen molar-refractivity contribution in [2.24, 2.45) is 0 Å². The Morgan fingerprint density at radius 2 is 1.92 bits per heavy atom. The highest BCUT2D eigenvalue weighted by atomic mass is 16.3. The first-order valence-electron chi connectivity index (χ1n) is 4.49. The van der Waals surface area contributed by atoms with Gasteiger partial charge in [0, 0.05) is 5.41 Å². The molecule has 0 aromatic heterocycles. The van der Waals surface area contributed by atoms with E-state index in [1.807, 2.05) is 30.3 Å². The average Bonchev–Trinajstić information content (AvgIpc) is 2.99. The summed E-state index contributed by atoms with van der Waals surface area (Å²) in [7, 11) is 0. The SMILES string of the molecule is C#C[C@@H](O)C1(c2ccccc2)CC1. The van der Waals surface area contributed by atoms with Crippen molar-refractivity contribution in [2.75, 3.05) is 0 Å². The second-order valence-corrected chi connectivity index (χ2v) is 3.59. The standard InChI is InChI=1S/C12H12O/c1-2-11(13)12(8-9-12)10-6-4-3-5-7-10/h1,3-7,11,13H,8-9H2/t11-/m1/s1. The van der Waals surface area contributed by atoms with Gasteiger partial charge in [0.15, 0.2) is 0 Å². The van der Waals surface area contributed by atoms with Crippen molar-refractivity contribution in [2.45, 2.75) is 24.4 Å². The minimum atomic E-state index is -0.630. The van der Waals surface area contributed by atoms with Crippen molar-refractivity contribution in [3.05, 3.63) is 35.9 Å². The van der Waals surface area contributed by atoms with Gasteiger partial charge in [0.05, 0.1) is 0 Å². The highest BCUT2D eigenvalue weighted by Crippen LogP contribution is 2.50. The molecule has 1 aromatic carbocycles. The Morgan fingerprint density at radius 1 is 1.31 bits per heavy atom. The molecule has 0 saturated heterocycles. The van der Waals surface area contributed by atoms with Gasteiger partial charge in [-0.05, 0) is 18.4 Å². The number of aliphatic hydroxyl groups is 1. The van der Waals surface area contributed by atoms with Crippen LogP contribution >= 0.6 is 0 Å². The molecule has 13 heavy (non-hydrogen) atoms. The van der Waals surface area contributed by atoms with Crippen LogP contribution in [0, 0.1) is 12.3 Å². The lowest BCUT2D eigenvalue weighted by Crippen LogP contribution is -2.23. The summed E-state index contributed by atoms with van der Waals surface area (Å²) in [5, 5.41) is 9.67. The molecule has 1 fully saturated rings. The Hall–Kier alpha value is -1.26. The third-order valence-corrected chi connectivity index (χ3v) is 2.82. The van der Waals surface area contributed by atoms with Crippen molar-refractivity contribution in [1.82, 2.24) is 0 Å². The predicted molar refractivity (Wildman–Crippen MR) is 52.2 cm³/mol. The highest BCUT2D eigenvalue weighted by molar-refractivity contribution is 5.35. The molecule has 0 spiro atoms. The molecule has 1 heteroatoms. The zero-order valence-corrected chi connectivity index (χ0v) is 7.40. The molecule has 1 saturated carbocycles. The maximum Gasteiger partial charge on any atom is 0.124 e. The van der Waals surface area contributed by atoms with Gasteiger partial charge in [-0.3, -0.25) is 0 Å². The second kappa shape index (κ2) is 2.90. The Labute approximate surface area is 78.4 Å². The lowest BCUT2D eigenvalue weighted by atomic mass is 9.90. The van der Waals surface area contributed by atoms with E-state index in [1.165, 1.54) is 5.56 Å². The summed E-state index contributed by atoms with van der Waals surface area (Å²) in [6, 6.07) is 10.0. The van der Waals surface area contributed by atoms with E-state index in [0.29, 0.717) is 0 Å². The van der Waals surface area contributed by atoms with Crippen LogP contribution in [0.1, 0.15) is 18.4 Å². The lowest BCUT2D eigenvalue weighted by Gasteiger charge is -2.17. The number of rotatable bonds is 2. The van der Waals surface area contributed by atoms with Crippen LogP contribution in [0.3, 0.4) is 0 Å². The van der Waals surface area contributed by atoms with Crippen LogP contribution in [0.2, 0.25) is 0 Å². The van der Waals surface area contributed by atoms with Crippen LogP contribution in [0.25, 0.3) is 0 Å². The first-order valence-corrected chi connectivity index (χ1v) is 4.49. The number of terminal acetylenes is 1. The molecule has 1 nitrogen and oxygen atoms in total. The first-order chi connectivity index (χ1) is 6.29. The topological polar surface area (TPSA) is 20.2 Å². The van der Waals surface area contributed by atoms with Crippen LogP contribution in [-0.2, 0) is 5.41 Å². The monoisotopic (exact) mass is 172 g/mol. The van der Waals surface area contributed by atoms with Gasteiger partial charge in [0.25, 0.3) is 0 Å². The maximum atomic E-state index is 9.67. The molecule has 0 unspecified atom stereocenters. The van der Waals surface area contributed by atoms with Gasteiger partial charge in [0.2, 0.25) is 0 Å². The van der Waals surface area contributed by atoms with Crippen molar-refractivity contribution in [1.29, 1.82) is 0 Å². The molecule has 0 amide bonds. The summed E-state index contributed by atoms with van der Waals surface area (Å²) >= 11 is 0. The molecule has 0 bridgehead atoms. The molecule has 0 aliphatic heterocycles. The zero-order valence-electron chi connectivity index (χ0n) is 7.40. The fourth-order valence-electron chi connectivity index (χ4n) is 1.78. The van der Waals surface area contributed by atoms with E-state index in [-0.39, 0.29) is 5.41 Å². The average molecular weight is 172 g/mol. The fraction of sp³-hybridized carbons (Fsp3) is 0.333. The third-order valence-electron chi connectivity index (χ3n) is 2.82. The van der Waals surface area contributed by atoms with Gasteiger partial charge in [-0.25, -0.2) is 0 Å². The molecule has 1 aliphatic rings. The van der Waals surface area contributed by atoms with Crippen molar-refractivity contribution in [3.8, 4) is 12.3 Å². The molecule has 1 atom stereocenters. The van der Waals surface area contributed by atoms with Gasteiger partial charge >= 0.3 is 0 Å². The largest absolute Gasteiger partial charge is 0.379 e. The number of benzene rings is 1. The summed E-state index contributed by atoms with van der Waals surface area (Å²) in [6.45, 7) is 0.